The number of sulfonamides is 1. The Hall–Kier alpha value is -0.960. The van der Waals surface area contributed by atoms with E-state index in [1.165, 1.54) is 11.3 Å². The van der Waals surface area contributed by atoms with Gasteiger partial charge in [0.2, 0.25) is 10.0 Å². The van der Waals surface area contributed by atoms with Crippen molar-refractivity contribution >= 4 is 27.3 Å². The molecule has 6 nitrogen and oxygen atoms in total. The Balaban J connectivity index is 1.58. The molecule has 2 fully saturated rings. The van der Waals surface area contributed by atoms with Gasteiger partial charge in [-0.3, -0.25) is 4.79 Å². The van der Waals surface area contributed by atoms with Crippen LogP contribution in [0.15, 0.2) is 16.8 Å². The van der Waals surface area contributed by atoms with Crippen LogP contribution < -0.4 is 5.32 Å². The van der Waals surface area contributed by atoms with E-state index < -0.39 is 15.3 Å². The van der Waals surface area contributed by atoms with Gasteiger partial charge in [0.05, 0.1) is 18.0 Å². The van der Waals surface area contributed by atoms with E-state index in [0.29, 0.717) is 31.8 Å². The maximum Gasteiger partial charge on any atom is 0.252 e. The Bertz CT molecular complexity index is 657. The molecule has 0 spiro atoms. The van der Waals surface area contributed by atoms with Crippen LogP contribution in [-0.4, -0.2) is 56.2 Å². The lowest BCUT2D eigenvalue weighted by molar-refractivity contribution is 0.0933. The minimum absolute atomic E-state index is 0.0495. The quantitative estimate of drug-likeness (QED) is 0.857. The van der Waals surface area contributed by atoms with Crippen molar-refractivity contribution in [3.8, 4) is 0 Å². The van der Waals surface area contributed by atoms with Gasteiger partial charge in [0, 0.05) is 42.4 Å². The van der Waals surface area contributed by atoms with Gasteiger partial charge in [-0.2, -0.15) is 15.6 Å². The number of thiophene rings is 1. The van der Waals surface area contributed by atoms with Crippen LogP contribution in [-0.2, 0) is 14.8 Å². The Morgan fingerprint density at radius 2 is 2.26 bits per heavy atom. The number of nitrogens with zero attached hydrogens (tertiary/aromatic N) is 1. The Morgan fingerprint density at radius 3 is 2.91 bits per heavy atom. The molecule has 3 rings (SSSR count). The number of amides is 1. The van der Waals surface area contributed by atoms with Crippen molar-refractivity contribution in [1.82, 2.24) is 9.62 Å². The van der Waals surface area contributed by atoms with Crippen molar-refractivity contribution < 1.29 is 17.9 Å². The summed E-state index contributed by atoms with van der Waals surface area (Å²) in [4.78, 5) is 12.0. The van der Waals surface area contributed by atoms with Gasteiger partial charge in [-0.25, -0.2) is 8.42 Å². The van der Waals surface area contributed by atoms with Crippen molar-refractivity contribution in [3.63, 3.8) is 0 Å². The number of carbonyl (C=O) groups excluding carboxylic acids is 1. The zero-order valence-electron chi connectivity index (χ0n) is 13.3. The second-order valence-electron chi connectivity index (χ2n) is 6.43. The Morgan fingerprint density at radius 1 is 1.48 bits per heavy atom. The number of ether oxygens (including phenoxy) is 1. The molecule has 1 N–H and O–H groups in total. The molecule has 1 aromatic heterocycles. The lowest BCUT2D eigenvalue weighted by atomic mass is 9.93. The predicted octanol–water partition coefficient (Wildman–Crippen LogP) is 1.16. The molecule has 2 aliphatic rings. The Labute approximate surface area is 140 Å². The molecule has 0 aromatic carbocycles. The number of carbonyl (C=O) groups is 1. The standard InChI is InChI=1S/C15H22N2O4S2/c1-10(2)23(19,20)17-6-13-12(8-21-14(13)7-17)5-16-15(18)11-3-4-22-9-11/h3-4,9-10,12-14H,5-8H2,1-2H3,(H,16,18)/t12-,13+,14+/m0/s1. The smallest absolute Gasteiger partial charge is 0.252 e. The average Bonchev–Trinajstić information content (AvgIpc) is 3.21. The second-order valence-corrected chi connectivity index (χ2v) is 9.70. The molecule has 2 saturated heterocycles. The highest BCUT2D eigenvalue weighted by Crippen LogP contribution is 2.35. The van der Waals surface area contributed by atoms with Gasteiger partial charge in [-0.15, -0.1) is 0 Å². The largest absolute Gasteiger partial charge is 0.376 e. The second kappa shape index (κ2) is 6.51. The minimum Gasteiger partial charge on any atom is -0.376 e. The van der Waals surface area contributed by atoms with Crippen molar-refractivity contribution in [3.05, 3.63) is 22.4 Å². The third-order valence-corrected chi connectivity index (χ3v) is 7.56. The summed E-state index contributed by atoms with van der Waals surface area (Å²) in [7, 11) is -3.24. The van der Waals surface area contributed by atoms with Gasteiger partial charge in [0.15, 0.2) is 0 Å². The monoisotopic (exact) mass is 358 g/mol. The normalized spacial score (nSPS) is 28.2. The Kier molecular flexibility index (Phi) is 4.78. The summed E-state index contributed by atoms with van der Waals surface area (Å²) in [6.45, 7) is 5.41. The fraction of sp³-hybridized carbons (Fsp3) is 0.667. The van der Waals surface area contributed by atoms with Crippen LogP contribution in [0.25, 0.3) is 0 Å². The van der Waals surface area contributed by atoms with E-state index in [1.807, 2.05) is 10.8 Å². The van der Waals surface area contributed by atoms with Crippen LogP contribution in [0.2, 0.25) is 0 Å². The summed E-state index contributed by atoms with van der Waals surface area (Å²) in [5.41, 5.74) is 0.667. The van der Waals surface area contributed by atoms with Gasteiger partial charge in [0.1, 0.15) is 0 Å². The zero-order valence-corrected chi connectivity index (χ0v) is 14.9. The predicted molar refractivity (Wildman–Crippen MR) is 89.0 cm³/mol. The van der Waals surface area contributed by atoms with Gasteiger partial charge in [-0.1, -0.05) is 0 Å². The topological polar surface area (TPSA) is 75.7 Å². The van der Waals surface area contributed by atoms with E-state index in [4.69, 9.17) is 4.74 Å². The molecule has 2 aliphatic heterocycles. The maximum absolute atomic E-state index is 12.3. The highest BCUT2D eigenvalue weighted by atomic mass is 32.2. The molecule has 23 heavy (non-hydrogen) atoms. The molecule has 0 unspecified atom stereocenters. The molecule has 0 radical (unpaired) electrons. The summed E-state index contributed by atoms with van der Waals surface area (Å²) in [5.74, 6) is 0.237. The van der Waals surface area contributed by atoms with E-state index in [9.17, 15) is 13.2 Å². The maximum atomic E-state index is 12.3. The van der Waals surface area contributed by atoms with E-state index >= 15 is 0 Å². The fourth-order valence-corrected chi connectivity index (χ4v) is 5.17. The number of hydrogen-bond acceptors (Lipinski definition) is 5. The molecule has 3 heterocycles. The fourth-order valence-electron chi connectivity index (χ4n) is 3.20. The van der Waals surface area contributed by atoms with E-state index in [-0.39, 0.29) is 23.8 Å². The number of nitrogens with one attached hydrogen (secondary N) is 1. The zero-order chi connectivity index (χ0) is 16.6. The summed E-state index contributed by atoms with van der Waals surface area (Å²) in [6, 6.07) is 1.79. The van der Waals surface area contributed by atoms with E-state index in [1.54, 1.807) is 24.2 Å². The SMILES string of the molecule is CC(C)S(=O)(=O)N1C[C@@H]2[C@@H](CNC(=O)c3ccsc3)CO[C@@H]2C1. The lowest BCUT2D eigenvalue weighted by Gasteiger charge is -2.21. The third-order valence-electron chi connectivity index (χ3n) is 4.67. The summed E-state index contributed by atoms with van der Waals surface area (Å²) in [6.07, 6.45) is -0.0495. The van der Waals surface area contributed by atoms with Gasteiger partial charge < -0.3 is 10.1 Å². The van der Waals surface area contributed by atoms with Crippen molar-refractivity contribution in [2.45, 2.75) is 25.2 Å². The summed E-state index contributed by atoms with van der Waals surface area (Å²) >= 11 is 1.49. The first kappa shape index (κ1) is 16.9. The van der Waals surface area contributed by atoms with E-state index in [2.05, 4.69) is 5.32 Å². The van der Waals surface area contributed by atoms with Crippen LogP contribution in [0.1, 0.15) is 24.2 Å². The molecule has 1 amide bonds. The molecule has 3 atom stereocenters. The molecule has 0 bridgehead atoms. The van der Waals surface area contributed by atoms with Crippen LogP contribution in [0.4, 0.5) is 0 Å². The molecule has 0 aliphatic carbocycles. The first-order valence-electron chi connectivity index (χ1n) is 7.80. The van der Waals surface area contributed by atoms with Gasteiger partial charge in [0.25, 0.3) is 5.91 Å². The number of rotatable bonds is 5. The number of fused-ring (bicyclic) bond motifs is 1. The van der Waals surface area contributed by atoms with Crippen LogP contribution in [0.3, 0.4) is 0 Å². The molecular weight excluding hydrogens is 336 g/mol. The van der Waals surface area contributed by atoms with Crippen LogP contribution in [0, 0.1) is 11.8 Å². The highest BCUT2D eigenvalue weighted by Gasteiger charge is 2.47. The minimum atomic E-state index is -3.24. The highest BCUT2D eigenvalue weighted by molar-refractivity contribution is 7.89. The van der Waals surface area contributed by atoms with Gasteiger partial charge in [-0.05, 0) is 25.3 Å². The molecule has 1 aromatic rings. The van der Waals surface area contributed by atoms with Crippen LogP contribution in [0.5, 0.6) is 0 Å². The lowest BCUT2D eigenvalue weighted by Crippen LogP contribution is -2.37. The van der Waals surface area contributed by atoms with Crippen LogP contribution >= 0.6 is 11.3 Å². The van der Waals surface area contributed by atoms with Crippen molar-refractivity contribution in [1.29, 1.82) is 0 Å². The van der Waals surface area contributed by atoms with Crippen molar-refractivity contribution in [2.24, 2.45) is 11.8 Å². The first-order valence-corrected chi connectivity index (χ1v) is 10.2. The summed E-state index contributed by atoms with van der Waals surface area (Å²) < 4.78 is 31.9. The average molecular weight is 358 g/mol. The molecule has 128 valence electrons. The molecular formula is C15H22N2O4S2. The molecule has 8 heteroatoms. The number of hydrogen-bond donors (Lipinski definition) is 1. The van der Waals surface area contributed by atoms with Gasteiger partial charge >= 0.3 is 0 Å². The van der Waals surface area contributed by atoms with Crippen molar-refractivity contribution in [2.75, 3.05) is 26.2 Å². The summed E-state index contributed by atoms with van der Waals surface area (Å²) in [5, 5.41) is 6.20. The van der Waals surface area contributed by atoms with E-state index in [0.717, 1.165) is 0 Å². The first-order chi connectivity index (χ1) is 10.9. The molecule has 0 saturated carbocycles. The third kappa shape index (κ3) is 3.31.